The van der Waals surface area contributed by atoms with Crippen LogP contribution in [0, 0.1) is 0 Å². The number of hydrogen-bond donors (Lipinski definition) is 2. The van der Waals surface area contributed by atoms with E-state index < -0.39 is 5.97 Å². The molecule has 6 heteroatoms. The van der Waals surface area contributed by atoms with Crippen LogP contribution < -0.4 is 10.1 Å². The zero-order valence-electron chi connectivity index (χ0n) is 14.8. The second kappa shape index (κ2) is 8.51. The van der Waals surface area contributed by atoms with Crippen LogP contribution in [0.25, 0.3) is 11.1 Å². The fourth-order valence-electron chi connectivity index (χ4n) is 2.68. The number of hydrogen-bond acceptors (Lipinski definition) is 4. The molecule has 0 saturated carbocycles. The highest BCUT2D eigenvalue weighted by Gasteiger charge is 2.13. The van der Waals surface area contributed by atoms with Crippen molar-refractivity contribution in [1.82, 2.24) is 0 Å². The highest BCUT2D eigenvalue weighted by molar-refractivity contribution is 7.08. The first-order valence-electron chi connectivity index (χ1n) is 8.39. The number of methoxy groups -OCH3 is 1. The van der Waals surface area contributed by atoms with Crippen molar-refractivity contribution >= 4 is 28.9 Å². The van der Waals surface area contributed by atoms with Gasteiger partial charge in [0.05, 0.1) is 18.4 Å². The Morgan fingerprint density at radius 1 is 1.00 bits per heavy atom. The van der Waals surface area contributed by atoms with Gasteiger partial charge in [0.25, 0.3) is 0 Å². The van der Waals surface area contributed by atoms with Gasteiger partial charge in [0.1, 0.15) is 5.75 Å². The van der Waals surface area contributed by atoms with Crippen LogP contribution in [0.4, 0.5) is 5.69 Å². The maximum Gasteiger partial charge on any atom is 0.338 e. The number of carbonyl (C=O) groups excluding carboxylic acids is 1. The first-order valence-corrected chi connectivity index (χ1v) is 9.34. The summed E-state index contributed by atoms with van der Waals surface area (Å²) >= 11 is 1.25. The first kappa shape index (κ1) is 18.7. The second-order valence-electron chi connectivity index (χ2n) is 5.98. The lowest BCUT2D eigenvalue weighted by Crippen LogP contribution is -2.14. The van der Waals surface area contributed by atoms with Gasteiger partial charge in [-0.25, -0.2) is 4.79 Å². The summed E-state index contributed by atoms with van der Waals surface area (Å²) in [6.45, 7) is 0. The Hall–Kier alpha value is -3.12. The van der Waals surface area contributed by atoms with Crippen molar-refractivity contribution < 1.29 is 19.4 Å². The lowest BCUT2D eigenvalue weighted by molar-refractivity contribution is -0.116. The van der Waals surface area contributed by atoms with E-state index in [2.05, 4.69) is 5.32 Å². The SMILES string of the molecule is COc1ccc(-c2ccc(CCC(=O)Nc3cscc3C(=O)O)cc2)cc1. The van der Waals surface area contributed by atoms with Gasteiger partial charge < -0.3 is 15.2 Å². The van der Waals surface area contributed by atoms with Gasteiger partial charge in [-0.2, -0.15) is 0 Å². The van der Waals surface area contributed by atoms with Crippen LogP contribution in [0.2, 0.25) is 0 Å². The number of nitrogens with one attached hydrogen (secondary N) is 1. The van der Waals surface area contributed by atoms with Gasteiger partial charge in [0.2, 0.25) is 5.91 Å². The molecule has 1 heterocycles. The molecule has 0 aliphatic heterocycles. The average molecular weight is 381 g/mol. The van der Waals surface area contributed by atoms with Gasteiger partial charge in [-0.3, -0.25) is 4.79 Å². The molecule has 1 amide bonds. The number of aromatic carboxylic acids is 1. The Kier molecular flexibility index (Phi) is 5.88. The number of benzene rings is 2. The molecule has 5 nitrogen and oxygen atoms in total. The molecular formula is C21H19NO4S. The van der Waals surface area contributed by atoms with Gasteiger partial charge in [-0.05, 0) is 35.2 Å². The van der Waals surface area contributed by atoms with E-state index in [1.54, 1.807) is 12.5 Å². The van der Waals surface area contributed by atoms with Crippen LogP contribution in [-0.4, -0.2) is 24.1 Å². The van der Waals surface area contributed by atoms with Gasteiger partial charge in [-0.15, -0.1) is 11.3 Å². The van der Waals surface area contributed by atoms with E-state index in [0.29, 0.717) is 12.1 Å². The summed E-state index contributed by atoms with van der Waals surface area (Å²) in [4.78, 5) is 23.2. The maximum atomic E-state index is 12.1. The molecule has 138 valence electrons. The molecule has 2 aromatic carbocycles. The number of ether oxygens (including phenoxy) is 1. The predicted molar refractivity (Wildman–Crippen MR) is 107 cm³/mol. The predicted octanol–water partition coefficient (Wildman–Crippen LogP) is 4.69. The summed E-state index contributed by atoms with van der Waals surface area (Å²) in [5.74, 6) is -0.422. The lowest BCUT2D eigenvalue weighted by Gasteiger charge is -2.07. The number of carbonyl (C=O) groups is 2. The van der Waals surface area contributed by atoms with Crippen LogP contribution >= 0.6 is 11.3 Å². The lowest BCUT2D eigenvalue weighted by atomic mass is 10.0. The number of aryl methyl sites for hydroxylation is 1. The van der Waals surface area contributed by atoms with Crippen molar-refractivity contribution in [2.75, 3.05) is 12.4 Å². The molecule has 0 radical (unpaired) electrons. The number of thiophene rings is 1. The molecule has 0 aliphatic rings. The molecule has 27 heavy (non-hydrogen) atoms. The topological polar surface area (TPSA) is 75.6 Å². The zero-order chi connectivity index (χ0) is 19.2. The van der Waals surface area contributed by atoms with E-state index >= 15 is 0 Å². The summed E-state index contributed by atoms with van der Waals surface area (Å²) in [5.41, 5.74) is 3.71. The first-order chi connectivity index (χ1) is 13.1. The molecule has 1 aromatic heterocycles. The third-order valence-electron chi connectivity index (χ3n) is 4.18. The Morgan fingerprint density at radius 3 is 2.22 bits per heavy atom. The molecule has 3 rings (SSSR count). The number of carboxylic acids is 1. The fourth-order valence-corrected chi connectivity index (χ4v) is 3.43. The summed E-state index contributed by atoms with van der Waals surface area (Å²) in [6, 6.07) is 15.9. The van der Waals surface area contributed by atoms with Gasteiger partial charge >= 0.3 is 5.97 Å². The van der Waals surface area contributed by atoms with E-state index in [9.17, 15) is 9.59 Å². The smallest absolute Gasteiger partial charge is 0.338 e. The van der Waals surface area contributed by atoms with Crippen LogP contribution in [0.3, 0.4) is 0 Å². The van der Waals surface area contributed by atoms with Crippen molar-refractivity contribution in [1.29, 1.82) is 0 Å². The summed E-state index contributed by atoms with van der Waals surface area (Å²) in [7, 11) is 1.64. The molecule has 0 atom stereocenters. The molecule has 0 bridgehead atoms. The van der Waals surface area contributed by atoms with E-state index in [1.165, 1.54) is 16.7 Å². The number of amides is 1. The number of carboxylic acid groups (broad SMARTS) is 1. The molecule has 0 spiro atoms. The minimum absolute atomic E-state index is 0.122. The fraction of sp³-hybridized carbons (Fsp3) is 0.143. The largest absolute Gasteiger partial charge is 0.497 e. The minimum atomic E-state index is -1.04. The molecule has 0 aliphatic carbocycles. The summed E-state index contributed by atoms with van der Waals surface area (Å²) in [6.07, 6.45) is 0.873. The van der Waals surface area contributed by atoms with Crippen molar-refractivity contribution in [3.8, 4) is 16.9 Å². The molecular weight excluding hydrogens is 362 g/mol. The Balaban J connectivity index is 1.57. The average Bonchev–Trinajstić information content (AvgIpc) is 3.15. The van der Waals surface area contributed by atoms with Gasteiger partial charge in [0.15, 0.2) is 0 Å². The quantitative estimate of drug-likeness (QED) is 0.622. The van der Waals surface area contributed by atoms with Crippen molar-refractivity contribution in [2.24, 2.45) is 0 Å². The van der Waals surface area contributed by atoms with Crippen LogP contribution in [-0.2, 0) is 11.2 Å². The Bertz CT molecular complexity index is 930. The van der Waals surface area contributed by atoms with E-state index in [1.807, 2.05) is 48.5 Å². The molecule has 0 saturated heterocycles. The van der Waals surface area contributed by atoms with Crippen LogP contribution in [0.5, 0.6) is 5.75 Å². The van der Waals surface area contributed by atoms with E-state index in [0.717, 1.165) is 22.4 Å². The molecule has 3 aromatic rings. The number of rotatable bonds is 7. The number of anilines is 1. The third kappa shape index (κ3) is 4.74. The second-order valence-corrected chi connectivity index (χ2v) is 6.72. The highest BCUT2D eigenvalue weighted by atomic mass is 32.1. The van der Waals surface area contributed by atoms with E-state index in [4.69, 9.17) is 9.84 Å². The maximum absolute atomic E-state index is 12.1. The standard InChI is InChI=1S/C21H19NO4S/c1-26-17-9-7-16(8-10-17)15-5-2-14(3-6-15)4-11-20(23)22-19-13-27-12-18(19)21(24)25/h2-3,5-10,12-13H,4,11H2,1H3,(H,22,23)(H,24,25). The highest BCUT2D eigenvalue weighted by Crippen LogP contribution is 2.24. The Morgan fingerprint density at radius 2 is 1.63 bits per heavy atom. The normalized spacial score (nSPS) is 10.4. The van der Waals surface area contributed by atoms with Crippen LogP contribution in [0.15, 0.2) is 59.3 Å². The van der Waals surface area contributed by atoms with Crippen LogP contribution in [0.1, 0.15) is 22.3 Å². The molecule has 0 fully saturated rings. The van der Waals surface area contributed by atoms with Gasteiger partial charge in [0, 0.05) is 17.2 Å². The molecule has 2 N–H and O–H groups in total. The Labute approximate surface area is 161 Å². The van der Waals surface area contributed by atoms with Gasteiger partial charge in [-0.1, -0.05) is 36.4 Å². The summed E-state index contributed by atoms with van der Waals surface area (Å²) in [5, 5.41) is 14.9. The van der Waals surface area contributed by atoms with Crippen molar-refractivity contribution in [2.45, 2.75) is 12.8 Å². The monoisotopic (exact) mass is 381 g/mol. The summed E-state index contributed by atoms with van der Waals surface area (Å²) < 4.78 is 5.17. The van der Waals surface area contributed by atoms with E-state index in [-0.39, 0.29) is 17.9 Å². The molecule has 0 unspecified atom stereocenters. The van der Waals surface area contributed by atoms with Crippen molar-refractivity contribution in [3.63, 3.8) is 0 Å². The zero-order valence-corrected chi connectivity index (χ0v) is 15.6. The third-order valence-corrected chi connectivity index (χ3v) is 4.93. The minimum Gasteiger partial charge on any atom is -0.497 e. The van der Waals surface area contributed by atoms with Crippen molar-refractivity contribution in [3.05, 3.63) is 70.4 Å².